The zero-order valence-electron chi connectivity index (χ0n) is 19.8. The van der Waals surface area contributed by atoms with Gasteiger partial charge in [-0.15, -0.1) is 0 Å². The number of benzene rings is 1. The Balaban J connectivity index is 1.37. The van der Waals surface area contributed by atoms with E-state index < -0.39 is 5.82 Å². The molecule has 0 atom stereocenters. The van der Waals surface area contributed by atoms with Crippen LogP contribution in [0.3, 0.4) is 0 Å². The Labute approximate surface area is 207 Å². The zero-order valence-corrected chi connectivity index (χ0v) is 19.8. The Morgan fingerprint density at radius 1 is 1.06 bits per heavy atom. The first-order valence-electron chi connectivity index (χ1n) is 12.0. The van der Waals surface area contributed by atoms with Gasteiger partial charge in [0, 0.05) is 45.9 Å². The summed E-state index contributed by atoms with van der Waals surface area (Å²) in [6.45, 7) is 1.95. The van der Waals surface area contributed by atoms with Crippen molar-refractivity contribution >= 4 is 27.8 Å². The molecule has 36 heavy (non-hydrogen) atoms. The van der Waals surface area contributed by atoms with Crippen LogP contribution >= 0.6 is 0 Å². The number of aromatic amines is 1. The van der Waals surface area contributed by atoms with E-state index in [0.717, 1.165) is 48.1 Å². The van der Waals surface area contributed by atoms with Crippen molar-refractivity contribution < 1.29 is 9.18 Å². The van der Waals surface area contributed by atoms with Crippen molar-refractivity contribution in [2.75, 3.05) is 20.1 Å². The van der Waals surface area contributed by atoms with E-state index in [0.29, 0.717) is 27.7 Å². The SMILES string of the molecule is CN1CCC(NC(=O)c2ccc(-c3c(F)cnc4[nH]c5cnc(-c6cccnc6)cc5c34)cc2)CC1. The smallest absolute Gasteiger partial charge is 0.251 e. The van der Waals surface area contributed by atoms with E-state index in [2.05, 4.69) is 37.2 Å². The predicted molar refractivity (Wildman–Crippen MR) is 138 cm³/mol. The molecule has 1 aliphatic heterocycles. The second-order valence-corrected chi connectivity index (χ2v) is 9.31. The quantitative estimate of drug-likeness (QED) is 0.386. The van der Waals surface area contributed by atoms with Gasteiger partial charge in [-0.25, -0.2) is 9.37 Å². The predicted octanol–water partition coefficient (Wildman–Crippen LogP) is 4.80. The average Bonchev–Trinajstić information content (AvgIpc) is 3.28. The van der Waals surface area contributed by atoms with Gasteiger partial charge in [0.25, 0.3) is 5.91 Å². The lowest BCUT2D eigenvalue weighted by Gasteiger charge is -2.29. The van der Waals surface area contributed by atoms with Crippen molar-refractivity contribution in [3.8, 4) is 22.4 Å². The number of aromatic nitrogens is 4. The van der Waals surface area contributed by atoms with Crippen LogP contribution in [-0.2, 0) is 0 Å². The molecular weight excluding hydrogens is 455 g/mol. The number of halogens is 1. The first-order valence-corrected chi connectivity index (χ1v) is 12.0. The Morgan fingerprint density at radius 3 is 2.61 bits per heavy atom. The summed E-state index contributed by atoms with van der Waals surface area (Å²) in [5.41, 5.74) is 4.65. The molecule has 1 aromatic carbocycles. The van der Waals surface area contributed by atoms with Crippen molar-refractivity contribution in [2.24, 2.45) is 0 Å². The van der Waals surface area contributed by atoms with E-state index in [4.69, 9.17) is 0 Å². The third kappa shape index (κ3) is 4.09. The summed E-state index contributed by atoms with van der Waals surface area (Å²) in [5.74, 6) is -0.526. The molecule has 8 heteroatoms. The zero-order chi connectivity index (χ0) is 24.6. The number of amides is 1. The van der Waals surface area contributed by atoms with Crippen LogP contribution in [0.5, 0.6) is 0 Å². The molecule has 7 nitrogen and oxygen atoms in total. The lowest BCUT2D eigenvalue weighted by atomic mass is 9.99. The summed E-state index contributed by atoms with van der Waals surface area (Å²) in [7, 11) is 2.09. The Bertz CT molecular complexity index is 1560. The Hall–Kier alpha value is -4.17. The van der Waals surface area contributed by atoms with Gasteiger partial charge >= 0.3 is 0 Å². The molecule has 2 N–H and O–H groups in total. The number of hydrogen-bond donors (Lipinski definition) is 2. The number of nitrogens with zero attached hydrogens (tertiary/aromatic N) is 4. The van der Waals surface area contributed by atoms with Crippen molar-refractivity contribution in [3.63, 3.8) is 0 Å². The van der Waals surface area contributed by atoms with Crippen LogP contribution in [0.15, 0.2) is 67.3 Å². The van der Waals surface area contributed by atoms with Crippen LogP contribution in [0.2, 0.25) is 0 Å². The normalized spacial score (nSPS) is 14.9. The summed E-state index contributed by atoms with van der Waals surface area (Å²) in [5, 5.41) is 4.64. The summed E-state index contributed by atoms with van der Waals surface area (Å²) < 4.78 is 15.2. The van der Waals surface area contributed by atoms with Crippen molar-refractivity contribution in [3.05, 3.63) is 78.6 Å². The number of carbonyl (C=O) groups is 1. The van der Waals surface area contributed by atoms with Crippen LogP contribution in [0.1, 0.15) is 23.2 Å². The van der Waals surface area contributed by atoms with Gasteiger partial charge in [-0.2, -0.15) is 0 Å². The molecule has 4 aromatic heterocycles. The van der Waals surface area contributed by atoms with Crippen LogP contribution in [0, 0.1) is 5.82 Å². The summed E-state index contributed by atoms with van der Waals surface area (Å²) in [6, 6.07) is 13.0. The van der Waals surface area contributed by atoms with Crippen molar-refractivity contribution in [2.45, 2.75) is 18.9 Å². The number of nitrogens with one attached hydrogen (secondary N) is 2. The second kappa shape index (κ2) is 9.13. The lowest BCUT2D eigenvalue weighted by molar-refractivity contribution is 0.0917. The molecule has 0 saturated carbocycles. The lowest BCUT2D eigenvalue weighted by Crippen LogP contribution is -2.43. The monoisotopic (exact) mass is 480 g/mol. The van der Waals surface area contributed by atoms with Gasteiger partial charge in [0.05, 0.1) is 23.6 Å². The molecule has 0 bridgehead atoms. The molecule has 0 aliphatic carbocycles. The van der Waals surface area contributed by atoms with Gasteiger partial charge in [-0.05, 0) is 68.9 Å². The molecule has 5 aromatic rings. The number of fused-ring (bicyclic) bond motifs is 3. The van der Waals surface area contributed by atoms with E-state index in [9.17, 15) is 4.79 Å². The average molecular weight is 481 g/mol. The molecule has 0 radical (unpaired) electrons. The second-order valence-electron chi connectivity index (χ2n) is 9.31. The summed E-state index contributed by atoms with van der Waals surface area (Å²) in [4.78, 5) is 31.3. The third-order valence-corrected chi connectivity index (χ3v) is 6.91. The standard InChI is InChI=1S/C28H25FN6O/c1-35-11-8-20(9-12-35)33-28(36)18-6-4-17(5-7-18)25-22(29)15-32-27-26(25)21-13-23(31-16-24(21)34-27)19-3-2-10-30-14-19/h2-7,10,13-16,20H,8-9,11-12H2,1H3,(H,32,34)(H,33,36). The molecule has 180 valence electrons. The molecule has 1 fully saturated rings. The largest absolute Gasteiger partial charge is 0.349 e. The Morgan fingerprint density at radius 2 is 1.86 bits per heavy atom. The van der Waals surface area contributed by atoms with Gasteiger partial charge in [-0.3, -0.25) is 14.8 Å². The van der Waals surface area contributed by atoms with Crippen molar-refractivity contribution in [1.82, 2.24) is 30.2 Å². The van der Waals surface area contributed by atoms with Crippen molar-refractivity contribution in [1.29, 1.82) is 0 Å². The highest BCUT2D eigenvalue weighted by molar-refractivity contribution is 6.13. The fourth-order valence-corrected chi connectivity index (χ4v) is 4.90. The van der Waals surface area contributed by atoms with Gasteiger partial charge in [0.2, 0.25) is 0 Å². The molecule has 6 rings (SSSR count). The number of H-pyrrole nitrogens is 1. The Kier molecular flexibility index (Phi) is 5.65. The number of hydrogen-bond acceptors (Lipinski definition) is 5. The van der Waals surface area contributed by atoms with E-state index in [1.165, 1.54) is 6.20 Å². The van der Waals surface area contributed by atoms with Crippen LogP contribution in [-0.4, -0.2) is 56.9 Å². The highest BCUT2D eigenvalue weighted by atomic mass is 19.1. The minimum Gasteiger partial charge on any atom is -0.349 e. The maximum Gasteiger partial charge on any atom is 0.251 e. The fraction of sp³-hybridized carbons (Fsp3) is 0.214. The van der Waals surface area contributed by atoms with E-state index in [1.807, 2.05) is 18.2 Å². The maximum absolute atomic E-state index is 15.2. The molecule has 1 amide bonds. The van der Waals surface area contributed by atoms with Crippen LogP contribution in [0.25, 0.3) is 44.3 Å². The van der Waals surface area contributed by atoms with E-state index in [1.54, 1.807) is 42.9 Å². The molecular formula is C28H25FN6O. The van der Waals surface area contributed by atoms with Gasteiger partial charge in [0.1, 0.15) is 11.5 Å². The van der Waals surface area contributed by atoms with Crippen LogP contribution in [0.4, 0.5) is 4.39 Å². The maximum atomic E-state index is 15.2. The minimum absolute atomic E-state index is 0.101. The third-order valence-electron chi connectivity index (χ3n) is 6.91. The van der Waals surface area contributed by atoms with Crippen LogP contribution < -0.4 is 5.32 Å². The van der Waals surface area contributed by atoms with E-state index >= 15 is 4.39 Å². The highest BCUT2D eigenvalue weighted by Crippen LogP contribution is 2.36. The molecule has 1 aliphatic rings. The van der Waals surface area contributed by atoms with E-state index in [-0.39, 0.29) is 11.9 Å². The van der Waals surface area contributed by atoms with Gasteiger partial charge in [-0.1, -0.05) is 12.1 Å². The number of carbonyl (C=O) groups excluding carboxylic acids is 1. The number of rotatable bonds is 4. The molecule has 0 unspecified atom stereocenters. The topological polar surface area (TPSA) is 86.8 Å². The van der Waals surface area contributed by atoms with Gasteiger partial charge < -0.3 is 15.2 Å². The number of pyridine rings is 3. The first kappa shape index (κ1) is 22.3. The number of piperidine rings is 1. The molecule has 5 heterocycles. The van der Waals surface area contributed by atoms with Gasteiger partial charge in [0.15, 0.2) is 0 Å². The first-order chi connectivity index (χ1) is 17.6. The minimum atomic E-state index is -0.424. The fourth-order valence-electron chi connectivity index (χ4n) is 4.90. The number of likely N-dealkylation sites (tertiary alicyclic amines) is 1. The molecule has 1 saturated heterocycles. The highest BCUT2D eigenvalue weighted by Gasteiger charge is 2.20. The summed E-state index contributed by atoms with van der Waals surface area (Å²) >= 11 is 0. The summed E-state index contributed by atoms with van der Waals surface area (Å²) in [6.07, 6.45) is 8.30. The molecule has 0 spiro atoms.